The number of aromatic nitrogens is 3. The lowest BCUT2D eigenvalue weighted by atomic mass is 10.0. The predicted molar refractivity (Wildman–Crippen MR) is 145 cm³/mol. The number of nitrogens with zero attached hydrogens (tertiary/aromatic N) is 4. The van der Waals surface area contributed by atoms with Gasteiger partial charge in [0.1, 0.15) is 0 Å². The quantitative estimate of drug-likeness (QED) is 0.355. The van der Waals surface area contributed by atoms with Crippen LogP contribution in [0.25, 0.3) is 5.69 Å². The van der Waals surface area contributed by atoms with Crippen LogP contribution in [0.3, 0.4) is 0 Å². The van der Waals surface area contributed by atoms with E-state index in [1.165, 1.54) is 0 Å². The molecule has 7 nitrogen and oxygen atoms in total. The topological polar surface area (TPSA) is 75.1 Å². The molecule has 4 aromatic rings. The summed E-state index contributed by atoms with van der Waals surface area (Å²) in [5, 5.41) is 7.13. The fraction of sp³-hybridized carbons (Fsp3) is 0.214. The number of carbonyl (C=O) groups is 1. The van der Waals surface area contributed by atoms with E-state index < -0.39 is 0 Å². The Kier molecular flexibility index (Phi) is 6.77. The van der Waals surface area contributed by atoms with Crippen LogP contribution in [0.2, 0.25) is 0 Å². The van der Waals surface area contributed by atoms with Gasteiger partial charge in [0.25, 0.3) is 0 Å². The van der Waals surface area contributed by atoms with Gasteiger partial charge in [-0.1, -0.05) is 18.2 Å². The van der Waals surface area contributed by atoms with Crippen LogP contribution < -0.4 is 10.6 Å². The standard InChI is InChI=1S/C28H28N6OS/c1-19-10-11-20(2)23(17-19)31-25(35)12-16-34-27(26(32-28(34)36)22-8-3-4-14-30-22)24-9-6-15-33(24)21-7-5-13-29-18-21/h3-11,13-15,17-18,26-27H,12,16H2,1-2H3,(H,31,35)(H,32,36)/t26-,27-/m1/s1. The summed E-state index contributed by atoms with van der Waals surface area (Å²) in [4.78, 5) is 23.9. The highest BCUT2D eigenvalue weighted by Gasteiger charge is 2.41. The molecule has 1 fully saturated rings. The van der Waals surface area contributed by atoms with Crippen molar-refractivity contribution < 1.29 is 4.79 Å². The monoisotopic (exact) mass is 496 g/mol. The van der Waals surface area contributed by atoms with E-state index in [2.05, 4.69) is 36.1 Å². The molecular formula is C28H28N6OS. The second-order valence-corrected chi connectivity index (χ2v) is 9.34. The molecule has 2 atom stereocenters. The molecule has 0 spiro atoms. The Morgan fingerprint density at radius 3 is 2.75 bits per heavy atom. The lowest BCUT2D eigenvalue weighted by molar-refractivity contribution is -0.116. The third-order valence-corrected chi connectivity index (χ3v) is 6.80. The van der Waals surface area contributed by atoms with Crippen LogP contribution in [-0.2, 0) is 4.79 Å². The van der Waals surface area contributed by atoms with Crippen molar-refractivity contribution in [1.82, 2.24) is 24.8 Å². The minimum atomic E-state index is -0.161. The molecule has 5 rings (SSSR count). The van der Waals surface area contributed by atoms with Crippen molar-refractivity contribution in [2.45, 2.75) is 32.4 Å². The number of hydrogen-bond donors (Lipinski definition) is 2. The highest BCUT2D eigenvalue weighted by Crippen LogP contribution is 2.39. The molecule has 4 heterocycles. The summed E-state index contributed by atoms with van der Waals surface area (Å²) in [7, 11) is 0. The zero-order chi connectivity index (χ0) is 25.1. The van der Waals surface area contributed by atoms with E-state index in [1.807, 2.05) is 80.8 Å². The molecule has 1 amide bonds. The molecule has 2 N–H and O–H groups in total. The molecule has 0 bridgehead atoms. The van der Waals surface area contributed by atoms with Crippen molar-refractivity contribution in [2.75, 3.05) is 11.9 Å². The van der Waals surface area contributed by atoms with E-state index in [4.69, 9.17) is 12.2 Å². The Hall–Kier alpha value is -4.04. The van der Waals surface area contributed by atoms with Gasteiger partial charge in [-0.15, -0.1) is 0 Å². The number of anilines is 1. The first-order valence-corrected chi connectivity index (χ1v) is 12.3. The first kappa shape index (κ1) is 23.7. The molecule has 1 aromatic carbocycles. The van der Waals surface area contributed by atoms with Gasteiger partial charge in [-0.05, 0) is 79.7 Å². The Bertz CT molecular complexity index is 1370. The van der Waals surface area contributed by atoms with Crippen molar-refractivity contribution in [2.24, 2.45) is 0 Å². The highest BCUT2D eigenvalue weighted by atomic mass is 32.1. The van der Waals surface area contributed by atoms with Crippen molar-refractivity contribution in [3.8, 4) is 5.69 Å². The highest BCUT2D eigenvalue weighted by molar-refractivity contribution is 7.80. The van der Waals surface area contributed by atoms with E-state index in [0.717, 1.165) is 33.9 Å². The van der Waals surface area contributed by atoms with Crippen LogP contribution >= 0.6 is 12.2 Å². The van der Waals surface area contributed by atoms with E-state index >= 15 is 0 Å². The summed E-state index contributed by atoms with van der Waals surface area (Å²) in [6.07, 6.45) is 7.71. The van der Waals surface area contributed by atoms with Crippen LogP contribution in [0.15, 0.2) is 85.5 Å². The summed E-state index contributed by atoms with van der Waals surface area (Å²) < 4.78 is 2.12. The summed E-state index contributed by atoms with van der Waals surface area (Å²) in [6, 6.07) is 19.7. The maximum absolute atomic E-state index is 12.9. The van der Waals surface area contributed by atoms with Gasteiger partial charge in [0, 0.05) is 42.9 Å². The molecule has 8 heteroatoms. The number of aryl methyl sites for hydroxylation is 2. The Morgan fingerprint density at radius 2 is 1.97 bits per heavy atom. The number of nitrogens with one attached hydrogen (secondary N) is 2. The molecule has 1 aliphatic heterocycles. The Balaban J connectivity index is 1.43. The van der Waals surface area contributed by atoms with E-state index in [0.29, 0.717) is 18.1 Å². The van der Waals surface area contributed by atoms with Gasteiger partial charge >= 0.3 is 0 Å². The first-order valence-electron chi connectivity index (χ1n) is 11.9. The molecule has 0 radical (unpaired) electrons. The SMILES string of the molecule is Cc1ccc(C)c(NC(=O)CCN2C(=S)N[C@H](c3ccccn3)[C@H]2c2cccn2-c2cccnc2)c1. The number of hydrogen-bond acceptors (Lipinski definition) is 4. The van der Waals surface area contributed by atoms with Gasteiger partial charge in [0.05, 0.1) is 29.7 Å². The third-order valence-electron chi connectivity index (χ3n) is 6.45. The minimum Gasteiger partial charge on any atom is -0.352 e. The molecule has 0 unspecified atom stereocenters. The van der Waals surface area contributed by atoms with Gasteiger partial charge in [-0.25, -0.2) is 0 Å². The van der Waals surface area contributed by atoms with Gasteiger partial charge in [-0.2, -0.15) is 0 Å². The number of carbonyl (C=O) groups excluding carboxylic acids is 1. The maximum Gasteiger partial charge on any atom is 0.226 e. The number of thiocarbonyl (C=S) groups is 1. The fourth-order valence-corrected chi connectivity index (χ4v) is 4.97. The normalized spacial score (nSPS) is 17.2. The summed E-state index contributed by atoms with van der Waals surface area (Å²) in [5.41, 5.74) is 5.88. The first-order chi connectivity index (χ1) is 17.5. The van der Waals surface area contributed by atoms with Crippen molar-refractivity contribution in [1.29, 1.82) is 0 Å². The summed E-state index contributed by atoms with van der Waals surface area (Å²) in [6.45, 7) is 4.48. The molecule has 1 saturated heterocycles. The lowest BCUT2D eigenvalue weighted by Crippen LogP contribution is -2.33. The molecule has 1 aliphatic rings. The molecule has 3 aromatic heterocycles. The van der Waals surface area contributed by atoms with Crippen molar-refractivity contribution in [3.63, 3.8) is 0 Å². The molecule has 182 valence electrons. The molecule has 0 aliphatic carbocycles. The van der Waals surface area contributed by atoms with Crippen LogP contribution in [0.4, 0.5) is 5.69 Å². The zero-order valence-corrected chi connectivity index (χ0v) is 21.1. The van der Waals surface area contributed by atoms with Gasteiger partial charge < -0.3 is 20.1 Å². The number of rotatable bonds is 7. The van der Waals surface area contributed by atoms with Crippen LogP contribution in [0.5, 0.6) is 0 Å². The summed E-state index contributed by atoms with van der Waals surface area (Å²) in [5.74, 6) is -0.0471. The predicted octanol–water partition coefficient (Wildman–Crippen LogP) is 4.89. The second-order valence-electron chi connectivity index (χ2n) is 8.95. The van der Waals surface area contributed by atoms with E-state index in [1.54, 1.807) is 12.4 Å². The van der Waals surface area contributed by atoms with Gasteiger partial charge in [0.2, 0.25) is 5.91 Å². The average Bonchev–Trinajstić information content (AvgIpc) is 3.50. The third kappa shape index (κ3) is 4.85. The number of amides is 1. The fourth-order valence-electron chi connectivity index (χ4n) is 4.64. The van der Waals surface area contributed by atoms with Crippen LogP contribution in [0, 0.1) is 13.8 Å². The van der Waals surface area contributed by atoms with E-state index in [9.17, 15) is 4.79 Å². The maximum atomic E-state index is 12.9. The van der Waals surface area contributed by atoms with Crippen LogP contribution in [0.1, 0.15) is 41.0 Å². The second kappa shape index (κ2) is 10.3. The molecular weight excluding hydrogens is 468 g/mol. The average molecular weight is 497 g/mol. The van der Waals surface area contributed by atoms with Crippen molar-refractivity contribution >= 4 is 28.9 Å². The largest absolute Gasteiger partial charge is 0.352 e. The van der Waals surface area contributed by atoms with E-state index in [-0.39, 0.29) is 18.0 Å². The summed E-state index contributed by atoms with van der Waals surface area (Å²) >= 11 is 5.78. The number of benzene rings is 1. The number of pyridine rings is 2. The Morgan fingerprint density at radius 1 is 1.08 bits per heavy atom. The van der Waals surface area contributed by atoms with Gasteiger partial charge in [-0.3, -0.25) is 14.8 Å². The Labute approximate surface area is 216 Å². The van der Waals surface area contributed by atoms with Crippen LogP contribution in [-0.4, -0.2) is 37.0 Å². The smallest absolute Gasteiger partial charge is 0.226 e. The lowest BCUT2D eigenvalue weighted by Gasteiger charge is -2.28. The van der Waals surface area contributed by atoms with Crippen molar-refractivity contribution in [3.05, 3.63) is 108 Å². The molecule has 0 saturated carbocycles. The minimum absolute atomic E-state index is 0.0471. The van der Waals surface area contributed by atoms with Gasteiger partial charge in [0.15, 0.2) is 5.11 Å². The molecule has 36 heavy (non-hydrogen) atoms. The zero-order valence-electron chi connectivity index (χ0n) is 20.3.